The fraction of sp³-hybridized carbons (Fsp3) is 0. The molecule has 1 aromatic carbocycles. The molecule has 0 radical (unpaired) electrons. The molecule has 0 aliphatic rings. The van der Waals surface area contributed by atoms with Crippen LogP contribution in [0.1, 0.15) is 22.5 Å². The molecule has 3 rings (SSSR count). The van der Waals surface area contributed by atoms with Gasteiger partial charge in [-0.3, -0.25) is 9.97 Å². The molecule has 0 aliphatic carbocycles. The summed E-state index contributed by atoms with van der Waals surface area (Å²) in [5.41, 5.74) is 4.07. The number of hydrogen-bond donors (Lipinski definition) is 0. The summed E-state index contributed by atoms with van der Waals surface area (Å²) in [5, 5.41) is 0. The van der Waals surface area contributed by atoms with E-state index in [-0.39, 0.29) is 0 Å². The highest BCUT2D eigenvalue weighted by Crippen LogP contribution is 2.28. The Morgan fingerprint density at radius 2 is 1.00 bits per heavy atom. The Hall–Kier alpha value is -2.56. The maximum atomic E-state index is 4.27. The maximum Gasteiger partial charge on any atom is 0.0629 e. The topological polar surface area (TPSA) is 25.8 Å². The summed E-state index contributed by atoms with van der Waals surface area (Å²) in [7, 11) is 0. The van der Waals surface area contributed by atoms with E-state index in [1.54, 1.807) is 12.4 Å². The van der Waals surface area contributed by atoms with Crippen LogP contribution in [0.5, 0.6) is 0 Å². The van der Waals surface area contributed by atoms with E-state index in [4.69, 9.17) is 0 Å². The highest BCUT2D eigenvalue weighted by atomic mass is 79.9. The highest BCUT2D eigenvalue weighted by molar-refractivity contribution is 9.11. The van der Waals surface area contributed by atoms with Crippen LogP contribution in [0.2, 0.25) is 0 Å². The predicted octanol–water partition coefficient (Wildman–Crippen LogP) is 7.45. The van der Waals surface area contributed by atoms with Crippen LogP contribution in [0, 0.1) is 0 Å². The molecule has 138 valence electrons. The first-order valence-corrected chi connectivity index (χ1v) is 10.3. The number of halogens is 2. The zero-order chi connectivity index (χ0) is 19.6. The Morgan fingerprint density at radius 3 is 1.39 bits per heavy atom. The molecule has 0 unspecified atom stereocenters. The van der Waals surface area contributed by atoms with Gasteiger partial charge in [-0.15, -0.1) is 0 Å². The van der Waals surface area contributed by atoms with E-state index < -0.39 is 0 Å². The fourth-order valence-electron chi connectivity index (χ4n) is 2.41. The molecule has 2 heterocycles. The van der Waals surface area contributed by atoms with Gasteiger partial charge in [0.2, 0.25) is 0 Å². The van der Waals surface area contributed by atoms with Crippen molar-refractivity contribution in [3.05, 3.63) is 117 Å². The van der Waals surface area contributed by atoms with Crippen molar-refractivity contribution < 1.29 is 0 Å². The lowest BCUT2D eigenvalue weighted by atomic mass is 10.1. The van der Waals surface area contributed by atoms with Gasteiger partial charge in [0.05, 0.1) is 11.4 Å². The molecule has 0 atom stereocenters. The van der Waals surface area contributed by atoms with E-state index in [9.17, 15) is 0 Å². The lowest BCUT2D eigenvalue weighted by Gasteiger charge is -2.04. The van der Waals surface area contributed by atoms with Gasteiger partial charge < -0.3 is 0 Å². The largest absolute Gasteiger partial charge is 0.257 e. The van der Waals surface area contributed by atoms with Gasteiger partial charge in [0.25, 0.3) is 0 Å². The van der Waals surface area contributed by atoms with Crippen molar-refractivity contribution in [2.24, 2.45) is 0 Å². The number of allylic oxidation sites excluding steroid dienone is 4. The third kappa shape index (κ3) is 6.25. The van der Waals surface area contributed by atoms with Crippen LogP contribution in [0.4, 0.5) is 0 Å². The quantitative estimate of drug-likeness (QED) is 0.333. The zero-order valence-electron chi connectivity index (χ0n) is 15.0. The molecular formula is C24H18Br2N2. The van der Waals surface area contributed by atoms with Crippen molar-refractivity contribution in [2.75, 3.05) is 0 Å². The standard InChI is InChI=1S/C24H18Br2N2/c25-23-18-20(10-2-4-12-22-14-6-8-16-28-22)24(26)17-19(23)9-1-3-11-21-13-5-7-15-27-21/h1-18H/b9-1+,10-2+,11-3+,12-4+. The van der Waals surface area contributed by atoms with E-state index in [1.165, 1.54) is 0 Å². The third-order valence-corrected chi connectivity index (χ3v) is 5.17. The van der Waals surface area contributed by atoms with Crippen molar-refractivity contribution in [2.45, 2.75) is 0 Å². The summed E-state index contributed by atoms with van der Waals surface area (Å²) in [6.45, 7) is 0. The molecule has 0 spiro atoms. The van der Waals surface area contributed by atoms with Crippen LogP contribution in [0.3, 0.4) is 0 Å². The molecular weight excluding hydrogens is 476 g/mol. The lowest BCUT2D eigenvalue weighted by molar-refractivity contribution is 1.30. The average molecular weight is 494 g/mol. The molecule has 28 heavy (non-hydrogen) atoms. The van der Waals surface area contributed by atoms with Crippen LogP contribution in [0.25, 0.3) is 24.3 Å². The minimum absolute atomic E-state index is 0.937. The van der Waals surface area contributed by atoms with Crippen molar-refractivity contribution in [1.29, 1.82) is 0 Å². The molecule has 0 amide bonds. The molecule has 2 nitrogen and oxygen atoms in total. The molecule has 0 aliphatic heterocycles. The Bertz CT molecular complexity index is 936. The Morgan fingerprint density at radius 1 is 0.571 bits per heavy atom. The number of hydrogen-bond acceptors (Lipinski definition) is 2. The van der Waals surface area contributed by atoms with Gasteiger partial charge in [-0.05, 0) is 59.7 Å². The second-order valence-corrected chi connectivity index (χ2v) is 7.55. The number of pyridine rings is 2. The first-order chi connectivity index (χ1) is 13.7. The monoisotopic (exact) mass is 492 g/mol. The van der Waals surface area contributed by atoms with Crippen LogP contribution in [0.15, 0.2) is 94.2 Å². The lowest BCUT2D eigenvalue weighted by Crippen LogP contribution is -1.82. The summed E-state index contributed by atoms with van der Waals surface area (Å²) in [4.78, 5) is 8.53. The number of rotatable bonds is 6. The van der Waals surface area contributed by atoms with E-state index >= 15 is 0 Å². The second-order valence-electron chi connectivity index (χ2n) is 5.84. The van der Waals surface area contributed by atoms with Crippen LogP contribution in [-0.2, 0) is 0 Å². The molecule has 2 aromatic heterocycles. The van der Waals surface area contributed by atoms with E-state index in [2.05, 4.69) is 66.1 Å². The first-order valence-electron chi connectivity index (χ1n) is 8.73. The highest BCUT2D eigenvalue weighted by Gasteiger charge is 2.02. The normalized spacial score (nSPS) is 12.1. The number of aromatic nitrogens is 2. The Kier molecular flexibility index (Phi) is 7.71. The first kappa shape index (κ1) is 20.2. The van der Waals surface area contributed by atoms with Gasteiger partial charge in [-0.2, -0.15) is 0 Å². The Labute approximate surface area is 182 Å². The molecule has 0 N–H and O–H groups in total. The van der Waals surface area contributed by atoms with Gasteiger partial charge in [-0.25, -0.2) is 0 Å². The van der Waals surface area contributed by atoms with Gasteiger partial charge in [0.15, 0.2) is 0 Å². The molecule has 4 heteroatoms. The SMILES string of the molecule is Brc1cc(/C=C/C=C/c2ccccn2)c(Br)cc1/C=C/C=C/c1ccccn1. The zero-order valence-corrected chi connectivity index (χ0v) is 18.2. The summed E-state index contributed by atoms with van der Waals surface area (Å²) in [5.74, 6) is 0. The fourth-order valence-corrected chi connectivity index (χ4v) is 3.40. The maximum absolute atomic E-state index is 4.27. The van der Waals surface area contributed by atoms with Crippen molar-refractivity contribution in [3.63, 3.8) is 0 Å². The van der Waals surface area contributed by atoms with E-state index in [0.717, 1.165) is 31.5 Å². The second kappa shape index (κ2) is 10.7. The van der Waals surface area contributed by atoms with E-state index in [0.29, 0.717) is 0 Å². The van der Waals surface area contributed by atoms with Crippen LogP contribution < -0.4 is 0 Å². The van der Waals surface area contributed by atoms with Gasteiger partial charge in [0.1, 0.15) is 0 Å². The van der Waals surface area contributed by atoms with Crippen molar-refractivity contribution in [1.82, 2.24) is 9.97 Å². The van der Waals surface area contributed by atoms with Crippen LogP contribution in [-0.4, -0.2) is 9.97 Å². The Balaban J connectivity index is 1.67. The molecule has 0 bridgehead atoms. The number of nitrogens with zero attached hydrogens (tertiary/aromatic N) is 2. The molecule has 0 saturated heterocycles. The minimum Gasteiger partial charge on any atom is -0.257 e. The van der Waals surface area contributed by atoms with Crippen molar-refractivity contribution >= 4 is 56.2 Å². The average Bonchev–Trinajstić information content (AvgIpc) is 2.73. The molecule has 3 aromatic rings. The molecule has 0 saturated carbocycles. The summed E-state index contributed by atoms with van der Waals surface area (Å²) < 4.78 is 2.07. The summed E-state index contributed by atoms with van der Waals surface area (Å²) >= 11 is 7.31. The summed E-state index contributed by atoms with van der Waals surface area (Å²) in [6, 6.07) is 15.9. The third-order valence-electron chi connectivity index (χ3n) is 3.80. The number of benzene rings is 1. The van der Waals surface area contributed by atoms with Gasteiger partial charge >= 0.3 is 0 Å². The van der Waals surface area contributed by atoms with E-state index in [1.807, 2.05) is 72.9 Å². The molecule has 0 fully saturated rings. The van der Waals surface area contributed by atoms with Crippen molar-refractivity contribution in [3.8, 4) is 0 Å². The summed E-state index contributed by atoms with van der Waals surface area (Å²) in [6.07, 6.45) is 19.6. The minimum atomic E-state index is 0.937. The predicted molar refractivity (Wildman–Crippen MR) is 126 cm³/mol. The van der Waals surface area contributed by atoms with Crippen LogP contribution >= 0.6 is 31.9 Å². The van der Waals surface area contributed by atoms with Gasteiger partial charge in [-0.1, -0.05) is 80.4 Å². The van der Waals surface area contributed by atoms with Gasteiger partial charge in [0, 0.05) is 21.3 Å². The smallest absolute Gasteiger partial charge is 0.0629 e.